The minimum Gasteiger partial charge on any atom is -0.435 e. The lowest BCUT2D eigenvalue weighted by Gasteiger charge is -2.12. The molecule has 0 saturated heterocycles. The van der Waals surface area contributed by atoms with E-state index in [9.17, 15) is 30.7 Å². The van der Waals surface area contributed by atoms with Crippen molar-refractivity contribution in [2.45, 2.75) is 19.4 Å². The molecule has 0 aromatic heterocycles. The maximum Gasteiger partial charge on any atom is 0.573 e. The molecule has 0 saturated carbocycles. The zero-order valence-electron chi connectivity index (χ0n) is 8.35. The van der Waals surface area contributed by atoms with Crippen molar-refractivity contribution in [3.05, 3.63) is 23.8 Å². The van der Waals surface area contributed by atoms with Gasteiger partial charge >= 0.3 is 13.0 Å². The zero-order valence-corrected chi connectivity index (χ0v) is 8.35. The lowest BCUT2D eigenvalue weighted by atomic mass is 10.2. The molecule has 0 amide bonds. The van der Waals surface area contributed by atoms with E-state index < -0.39 is 36.5 Å². The van der Waals surface area contributed by atoms with Crippen LogP contribution < -0.4 is 9.47 Å². The third kappa shape index (κ3) is 4.68. The van der Waals surface area contributed by atoms with Crippen LogP contribution in [0, 0.1) is 0 Å². The Morgan fingerprint density at radius 3 is 1.89 bits per heavy atom. The fourth-order valence-electron chi connectivity index (χ4n) is 1.08. The topological polar surface area (TPSA) is 18.5 Å². The predicted octanol–water partition coefficient (Wildman–Crippen LogP) is 4.12. The molecule has 102 valence electrons. The highest BCUT2D eigenvalue weighted by atomic mass is 19.4. The van der Waals surface area contributed by atoms with Gasteiger partial charge in [0.25, 0.3) is 6.43 Å². The van der Waals surface area contributed by atoms with Crippen molar-refractivity contribution >= 4 is 0 Å². The molecule has 0 atom stereocenters. The third-order valence-electron chi connectivity index (χ3n) is 1.61. The van der Waals surface area contributed by atoms with E-state index in [0.29, 0.717) is 18.2 Å². The highest BCUT2D eigenvalue weighted by molar-refractivity contribution is 5.39. The lowest BCUT2D eigenvalue weighted by Crippen LogP contribution is -2.17. The summed E-state index contributed by atoms with van der Waals surface area (Å²) in [7, 11) is 0. The Balaban J connectivity index is 3.06. The number of benzene rings is 1. The highest BCUT2D eigenvalue weighted by Crippen LogP contribution is 2.32. The second-order valence-corrected chi connectivity index (χ2v) is 2.96. The van der Waals surface area contributed by atoms with Gasteiger partial charge in [-0.05, 0) is 12.1 Å². The Morgan fingerprint density at radius 2 is 1.44 bits per heavy atom. The van der Waals surface area contributed by atoms with Crippen molar-refractivity contribution in [3.63, 3.8) is 0 Å². The number of hydrogen-bond acceptors (Lipinski definition) is 2. The van der Waals surface area contributed by atoms with Gasteiger partial charge in [-0.2, -0.15) is 8.78 Å². The van der Waals surface area contributed by atoms with Gasteiger partial charge in [-0.1, -0.05) is 0 Å². The quantitative estimate of drug-likeness (QED) is 0.771. The van der Waals surface area contributed by atoms with E-state index in [4.69, 9.17) is 0 Å². The van der Waals surface area contributed by atoms with E-state index in [2.05, 4.69) is 9.47 Å². The van der Waals surface area contributed by atoms with Crippen molar-refractivity contribution in [1.29, 1.82) is 0 Å². The van der Waals surface area contributed by atoms with Crippen LogP contribution in [0.1, 0.15) is 12.0 Å². The molecule has 0 aliphatic heterocycles. The summed E-state index contributed by atoms with van der Waals surface area (Å²) < 4.78 is 91.0. The molecule has 18 heavy (non-hydrogen) atoms. The third-order valence-corrected chi connectivity index (χ3v) is 1.61. The molecule has 0 unspecified atom stereocenters. The van der Waals surface area contributed by atoms with Gasteiger partial charge in [-0.3, -0.25) is 0 Å². The van der Waals surface area contributed by atoms with Crippen molar-refractivity contribution in [2.24, 2.45) is 0 Å². The van der Waals surface area contributed by atoms with Crippen molar-refractivity contribution in [3.8, 4) is 11.5 Å². The first-order valence-corrected chi connectivity index (χ1v) is 4.31. The summed E-state index contributed by atoms with van der Waals surface area (Å²) in [5, 5.41) is 0. The summed E-state index contributed by atoms with van der Waals surface area (Å²) >= 11 is 0. The molecular formula is C9H5F7O2. The van der Waals surface area contributed by atoms with Gasteiger partial charge in [0.15, 0.2) is 0 Å². The minimum absolute atomic E-state index is 0.385. The predicted molar refractivity (Wildman–Crippen MR) is 44.7 cm³/mol. The molecule has 9 heteroatoms. The van der Waals surface area contributed by atoms with E-state index in [1.54, 1.807) is 0 Å². The van der Waals surface area contributed by atoms with Crippen molar-refractivity contribution < 1.29 is 40.2 Å². The molecule has 0 N–H and O–H groups in total. The van der Waals surface area contributed by atoms with Crippen LogP contribution >= 0.6 is 0 Å². The van der Waals surface area contributed by atoms with Crippen LogP contribution in [-0.4, -0.2) is 13.0 Å². The van der Waals surface area contributed by atoms with Crippen LogP contribution in [0.5, 0.6) is 11.5 Å². The molecule has 0 aliphatic carbocycles. The first-order chi connectivity index (χ1) is 8.17. The molecule has 0 bridgehead atoms. The van der Waals surface area contributed by atoms with Gasteiger partial charge in [0, 0.05) is 11.6 Å². The molecule has 2 nitrogen and oxygen atoms in total. The van der Waals surface area contributed by atoms with Gasteiger partial charge < -0.3 is 9.47 Å². The zero-order chi connectivity index (χ0) is 13.9. The summed E-state index contributed by atoms with van der Waals surface area (Å²) in [5.74, 6) is -1.90. The minimum atomic E-state index is -5.12. The van der Waals surface area contributed by atoms with Crippen LogP contribution in [-0.2, 0) is 0 Å². The van der Waals surface area contributed by atoms with Crippen LogP contribution in [0.3, 0.4) is 0 Å². The van der Waals surface area contributed by atoms with E-state index >= 15 is 0 Å². The Hall–Kier alpha value is -1.67. The maximum absolute atomic E-state index is 12.3. The molecule has 1 aromatic rings. The van der Waals surface area contributed by atoms with E-state index in [1.807, 2.05) is 0 Å². The number of halogens is 7. The molecule has 0 radical (unpaired) electrons. The monoisotopic (exact) mass is 278 g/mol. The summed E-state index contributed by atoms with van der Waals surface area (Å²) in [4.78, 5) is 0. The second kappa shape index (κ2) is 5.32. The lowest BCUT2D eigenvalue weighted by molar-refractivity contribution is -0.274. The van der Waals surface area contributed by atoms with Crippen LogP contribution in [0.25, 0.3) is 0 Å². The molecule has 0 fully saturated rings. The highest BCUT2D eigenvalue weighted by Gasteiger charge is 2.31. The van der Waals surface area contributed by atoms with E-state index in [1.165, 1.54) is 0 Å². The molecular weight excluding hydrogens is 273 g/mol. The fourth-order valence-corrected chi connectivity index (χ4v) is 1.08. The van der Waals surface area contributed by atoms with E-state index in [0.717, 1.165) is 0 Å². The summed E-state index contributed by atoms with van der Waals surface area (Å²) in [6, 6.07) is 1.32. The van der Waals surface area contributed by atoms with Gasteiger partial charge in [-0.15, -0.1) is 13.2 Å². The average Bonchev–Trinajstić information content (AvgIpc) is 2.12. The Kier molecular flexibility index (Phi) is 4.25. The summed E-state index contributed by atoms with van der Waals surface area (Å²) in [5.41, 5.74) is -0.924. The van der Waals surface area contributed by atoms with Crippen LogP contribution in [0.2, 0.25) is 0 Å². The average molecular weight is 278 g/mol. The summed E-state index contributed by atoms with van der Waals surface area (Å²) in [6.45, 7) is -3.35. The smallest absolute Gasteiger partial charge is 0.435 e. The second-order valence-electron chi connectivity index (χ2n) is 2.96. The first kappa shape index (κ1) is 14.4. The van der Waals surface area contributed by atoms with Gasteiger partial charge in [0.1, 0.15) is 11.5 Å². The largest absolute Gasteiger partial charge is 0.573 e. The van der Waals surface area contributed by atoms with Gasteiger partial charge in [-0.25, -0.2) is 8.78 Å². The Labute approximate surface area is 95.9 Å². The molecule has 0 aliphatic rings. The molecule has 0 heterocycles. The van der Waals surface area contributed by atoms with Gasteiger partial charge in [0.2, 0.25) is 0 Å². The summed E-state index contributed by atoms with van der Waals surface area (Å²) in [6.07, 6.45) is -8.27. The van der Waals surface area contributed by atoms with E-state index in [-0.39, 0.29) is 0 Å². The molecule has 1 aromatic carbocycles. The number of rotatable bonds is 4. The Morgan fingerprint density at radius 1 is 0.889 bits per heavy atom. The molecule has 0 spiro atoms. The van der Waals surface area contributed by atoms with Crippen LogP contribution in [0.4, 0.5) is 30.7 Å². The van der Waals surface area contributed by atoms with Gasteiger partial charge in [0.05, 0.1) is 0 Å². The Bertz CT molecular complexity index is 402. The maximum atomic E-state index is 12.3. The fraction of sp³-hybridized carbons (Fsp3) is 0.333. The van der Waals surface area contributed by atoms with Crippen molar-refractivity contribution in [1.82, 2.24) is 0 Å². The SMILES string of the molecule is FC(F)Oc1cc(OC(F)(F)F)cc(C(F)F)c1. The van der Waals surface area contributed by atoms with Crippen molar-refractivity contribution in [2.75, 3.05) is 0 Å². The first-order valence-electron chi connectivity index (χ1n) is 4.31. The van der Waals surface area contributed by atoms with Crippen LogP contribution in [0.15, 0.2) is 18.2 Å². The normalized spacial score (nSPS) is 12.1. The molecule has 1 rings (SSSR count). The number of ether oxygens (including phenoxy) is 2. The number of hydrogen-bond donors (Lipinski definition) is 0. The standard InChI is InChI=1S/C9H5F7O2/c10-7(11)4-1-5(17-8(12)13)3-6(2-4)18-9(14,15)16/h1-3,7-8H. The number of alkyl halides is 7.